The maximum absolute atomic E-state index is 11.3. The molecule has 0 spiro atoms. The lowest BCUT2D eigenvalue weighted by Crippen LogP contribution is -2.32. The van der Waals surface area contributed by atoms with Gasteiger partial charge in [0.05, 0.1) is 11.1 Å². The molecule has 2 aromatic rings. The summed E-state index contributed by atoms with van der Waals surface area (Å²) in [6.45, 7) is 1.88. The van der Waals surface area contributed by atoms with Crippen LogP contribution in [-0.2, 0) is 17.6 Å². The highest BCUT2D eigenvalue weighted by Gasteiger charge is 2.18. The minimum Gasteiger partial charge on any atom is -0.480 e. The molecule has 8 heteroatoms. The van der Waals surface area contributed by atoms with Crippen molar-refractivity contribution in [3.05, 3.63) is 58.7 Å². The molecule has 5 N–H and O–H groups in total. The van der Waals surface area contributed by atoms with Gasteiger partial charge in [0.25, 0.3) is 0 Å². The van der Waals surface area contributed by atoms with Crippen LogP contribution >= 0.6 is 12.4 Å². The predicted octanol–water partition coefficient (Wildman–Crippen LogP) is 2.69. The summed E-state index contributed by atoms with van der Waals surface area (Å²) >= 11 is 0. The Hall–Kier alpha value is -2.90. The number of halogens is 1. The Kier molecular flexibility index (Phi) is 7.51. The van der Waals surface area contributed by atoms with Crippen molar-refractivity contribution in [3.63, 3.8) is 0 Å². The topological polar surface area (TPSA) is 138 Å². The van der Waals surface area contributed by atoms with Gasteiger partial charge in [-0.2, -0.15) is 0 Å². The standard InChI is InChI=1S/C19H19NO6.ClH/c1-2-14-10(9-16(20)19(25)26)4-3-5-15(14)11-6-12(17(21)22)8-13(7-11)18(23)24;/h3-8,16H,2,9,20H2,1H3,(H,21,22)(H,23,24)(H,25,26);1H. The van der Waals surface area contributed by atoms with Gasteiger partial charge < -0.3 is 21.1 Å². The van der Waals surface area contributed by atoms with Gasteiger partial charge in [-0.3, -0.25) is 4.79 Å². The fraction of sp³-hybridized carbons (Fsp3) is 0.211. The third-order valence-corrected chi connectivity index (χ3v) is 4.12. The Balaban J connectivity index is 0.00000364. The summed E-state index contributed by atoms with van der Waals surface area (Å²) in [4.78, 5) is 33.7. The van der Waals surface area contributed by atoms with Crippen molar-refractivity contribution in [2.24, 2.45) is 5.73 Å². The maximum atomic E-state index is 11.3. The van der Waals surface area contributed by atoms with Crippen LogP contribution in [0.3, 0.4) is 0 Å². The molecule has 0 fully saturated rings. The summed E-state index contributed by atoms with van der Waals surface area (Å²) in [6, 6.07) is 8.09. The zero-order chi connectivity index (χ0) is 19.4. The largest absolute Gasteiger partial charge is 0.480 e. The third-order valence-electron chi connectivity index (χ3n) is 4.12. The van der Waals surface area contributed by atoms with Gasteiger partial charge in [-0.1, -0.05) is 25.1 Å². The normalized spacial score (nSPS) is 11.3. The van der Waals surface area contributed by atoms with E-state index in [1.165, 1.54) is 12.1 Å². The zero-order valence-electron chi connectivity index (χ0n) is 14.5. The molecule has 7 nitrogen and oxygen atoms in total. The zero-order valence-corrected chi connectivity index (χ0v) is 15.3. The van der Waals surface area contributed by atoms with Crippen LogP contribution in [0.2, 0.25) is 0 Å². The Labute approximate surface area is 161 Å². The number of nitrogens with two attached hydrogens (primary N) is 1. The van der Waals surface area contributed by atoms with Crippen molar-refractivity contribution in [2.75, 3.05) is 0 Å². The number of carboxylic acid groups (broad SMARTS) is 3. The summed E-state index contributed by atoms with van der Waals surface area (Å²) in [5.41, 5.74) is 8.03. The van der Waals surface area contributed by atoms with E-state index in [0.717, 1.165) is 17.2 Å². The second kappa shape index (κ2) is 9.16. The van der Waals surface area contributed by atoms with Crippen molar-refractivity contribution in [2.45, 2.75) is 25.8 Å². The fourth-order valence-electron chi connectivity index (χ4n) is 2.87. The summed E-state index contributed by atoms with van der Waals surface area (Å²) in [7, 11) is 0. The number of hydrogen-bond donors (Lipinski definition) is 4. The molecule has 144 valence electrons. The smallest absolute Gasteiger partial charge is 0.335 e. The van der Waals surface area contributed by atoms with Crippen molar-refractivity contribution in [1.82, 2.24) is 0 Å². The summed E-state index contributed by atoms with van der Waals surface area (Å²) < 4.78 is 0. The maximum Gasteiger partial charge on any atom is 0.335 e. The number of hydrogen-bond acceptors (Lipinski definition) is 4. The molecule has 0 radical (unpaired) electrons. The van der Waals surface area contributed by atoms with E-state index < -0.39 is 23.9 Å². The number of benzene rings is 2. The van der Waals surface area contributed by atoms with E-state index in [1.807, 2.05) is 6.92 Å². The van der Waals surface area contributed by atoms with Crippen molar-refractivity contribution >= 4 is 30.3 Å². The molecule has 1 unspecified atom stereocenters. The van der Waals surface area contributed by atoms with Gasteiger partial charge in [0.1, 0.15) is 6.04 Å². The van der Waals surface area contributed by atoms with Gasteiger partial charge in [0, 0.05) is 0 Å². The van der Waals surface area contributed by atoms with Crippen LogP contribution in [0.25, 0.3) is 11.1 Å². The molecule has 0 aliphatic rings. The van der Waals surface area contributed by atoms with E-state index in [0.29, 0.717) is 17.5 Å². The third kappa shape index (κ3) is 5.06. The Morgan fingerprint density at radius 2 is 1.56 bits per heavy atom. The predicted molar refractivity (Wildman–Crippen MR) is 102 cm³/mol. The highest BCUT2D eigenvalue weighted by Crippen LogP contribution is 2.29. The van der Waals surface area contributed by atoms with Gasteiger partial charge in [-0.05, 0) is 53.3 Å². The van der Waals surface area contributed by atoms with E-state index >= 15 is 0 Å². The average Bonchev–Trinajstić information content (AvgIpc) is 2.60. The molecule has 27 heavy (non-hydrogen) atoms. The molecular formula is C19H20ClNO6. The second-order valence-corrected chi connectivity index (χ2v) is 5.86. The molecule has 0 aliphatic heterocycles. The number of carbonyl (C=O) groups is 3. The highest BCUT2D eigenvalue weighted by molar-refractivity contribution is 5.96. The first-order chi connectivity index (χ1) is 12.2. The van der Waals surface area contributed by atoms with Gasteiger partial charge in [-0.25, -0.2) is 9.59 Å². The molecule has 1 atom stereocenters. The molecule has 2 aromatic carbocycles. The molecule has 0 bridgehead atoms. The lowest BCUT2D eigenvalue weighted by molar-refractivity contribution is -0.138. The Bertz CT molecular complexity index is 848. The van der Waals surface area contributed by atoms with E-state index in [-0.39, 0.29) is 30.0 Å². The first-order valence-corrected chi connectivity index (χ1v) is 7.95. The lowest BCUT2D eigenvalue weighted by Gasteiger charge is -2.16. The molecule has 0 heterocycles. The number of aromatic carboxylic acids is 2. The number of aliphatic carboxylic acids is 1. The highest BCUT2D eigenvalue weighted by atomic mass is 35.5. The minimum absolute atomic E-state index is 0. The van der Waals surface area contributed by atoms with Gasteiger partial charge in [0.15, 0.2) is 0 Å². The van der Waals surface area contributed by atoms with Crippen molar-refractivity contribution < 1.29 is 29.7 Å². The molecule has 0 aliphatic carbocycles. The lowest BCUT2D eigenvalue weighted by atomic mass is 9.89. The fourth-order valence-corrected chi connectivity index (χ4v) is 2.87. The van der Waals surface area contributed by atoms with Gasteiger partial charge >= 0.3 is 17.9 Å². The van der Waals surface area contributed by atoms with Crippen LogP contribution < -0.4 is 5.73 Å². The minimum atomic E-state index is -1.23. The number of rotatable bonds is 7. The van der Waals surface area contributed by atoms with Crippen molar-refractivity contribution in [1.29, 1.82) is 0 Å². The van der Waals surface area contributed by atoms with Gasteiger partial charge in [0.2, 0.25) is 0 Å². The average molecular weight is 394 g/mol. The van der Waals surface area contributed by atoms with E-state index in [2.05, 4.69) is 0 Å². The summed E-state index contributed by atoms with van der Waals surface area (Å²) in [6.07, 6.45) is 0.675. The van der Waals surface area contributed by atoms with E-state index in [9.17, 15) is 24.6 Å². The molecule has 0 saturated carbocycles. The number of carboxylic acids is 3. The van der Waals surface area contributed by atoms with Crippen LogP contribution in [0, 0.1) is 0 Å². The SMILES string of the molecule is CCc1c(CC(N)C(=O)O)cccc1-c1cc(C(=O)O)cc(C(=O)O)c1.Cl. The van der Waals surface area contributed by atoms with Crippen LogP contribution in [-0.4, -0.2) is 39.3 Å². The van der Waals surface area contributed by atoms with Crippen LogP contribution in [0.4, 0.5) is 0 Å². The van der Waals surface area contributed by atoms with Crippen LogP contribution in [0.1, 0.15) is 38.8 Å². The monoisotopic (exact) mass is 393 g/mol. The Morgan fingerprint density at radius 1 is 1.00 bits per heavy atom. The molecular weight excluding hydrogens is 374 g/mol. The van der Waals surface area contributed by atoms with Crippen LogP contribution in [0.15, 0.2) is 36.4 Å². The first-order valence-electron chi connectivity index (χ1n) is 7.95. The molecule has 0 aromatic heterocycles. The molecule has 2 rings (SSSR count). The first kappa shape index (κ1) is 22.1. The van der Waals surface area contributed by atoms with Crippen LogP contribution in [0.5, 0.6) is 0 Å². The molecule has 0 amide bonds. The summed E-state index contributed by atoms with van der Waals surface area (Å²) in [5, 5.41) is 27.5. The van der Waals surface area contributed by atoms with Gasteiger partial charge in [-0.15, -0.1) is 12.4 Å². The van der Waals surface area contributed by atoms with E-state index in [4.69, 9.17) is 10.8 Å². The summed E-state index contributed by atoms with van der Waals surface area (Å²) in [5.74, 6) is -3.56. The van der Waals surface area contributed by atoms with E-state index in [1.54, 1.807) is 18.2 Å². The second-order valence-electron chi connectivity index (χ2n) is 5.86. The van der Waals surface area contributed by atoms with Crippen molar-refractivity contribution in [3.8, 4) is 11.1 Å². The Morgan fingerprint density at radius 3 is 2.00 bits per heavy atom. The molecule has 0 saturated heterocycles. The quantitative estimate of drug-likeness (QED) is 0.567.